The van der Waals surface area contributed by atoms with Gasteiger partial charge in [0.15, 0.2) is 11.6 Å². The van der Waals surface area contributed by atoms with E-state index >= 15 is 0 Å². The predicted octanol–water partition coefficient (Wildman–Crippen LogP) is 3.17. The number of ether oxygens (including phenoxy) is 2. The van der Waals surface area contributed by atoms with E-state index in [4.69, 9.17) is 9.47 Å². The maximum atomic E-state index is 13.9. The summed E-state index contributed by atoms with van der Waals surface area (Å²) in [6, 6.07) is 3.02. The molecular weight excluding hydrogens is 424 g/mol. The average molecular weight is 451 g/mol. The molecule has 1 atom stereocenters. The summed E-state index contributed by atoms with van der Waals surface area (Å²) >= 11 is 0. The average Bonchev–Trinajstić information content (AvgIpc) is 3.03. The van der Waals surface area contributed by atoms with Gasteiger partial charge in [0, 0.05) is 37.1 Å². The lowest BCUT2D eigenvalue weighted by Gasteiger charge is -2.40. The molecule has 2 aromatic rings. The van der Waals surface area contributed by atoms with Gasteiger partial charge in [0.05, 0.1) is 12.6 Å². The third-order valence-corrected chi connectivity index (χ3v) is 5.22. The Morgan fingerprint density at radius 1 is 1.09 bits per heavy atom. The predicted molar refractivity (Wildman–Crippen MR) is 112 cm³/mol. The number of hydrogen-bond donors (Lipinski definition) is 0. The molecule has 1 aliphatic rings. The fraction of sp³-hybridized carbons (Fsp3) is 0.500. The van der Waals surface area contributed by atoms with Crippen molar-refractivity contribution < 1.29 is 32.6 Å². The van der Waals surface area contributed by atoms with E-state index in [1.807, 2.05) is 0 Å². The first-order valence-electron chi connectivity index (χ1n) is 10.2. The molecule has 0 N–H and O–H groups in total. The van der Waals surface area contributed by atoms with E-state index < -0.39 is 35.2 Å². The summed E-state index contributed by atoms with van der Waals surface area (Å²) in [6.07, 6.45) is -0.456. The van der Waals surface area contributed by atoms with Crippen LogP contribution in [0, 0.1) is 11.6 Å². The summed E-state index contributed by atoms with van der Waals surface area (Å²) in [4.78, 5) is 40.8. The molecule has 0 saturated carbocycles. The zero-order chi connectivity index (χ0) is 23.8. The van der Waals surface area contributed by atoms with Crippen LogP contribution in [0.1, 0.15) is 38.2 Å². The molecule has 0 spiro atoms. The topological polar surface area (TPSA) is 81.1 Å². The number of hydrogen-bond acceptors (Lipinski definition) is 5. The molecule has 0 bridgehead atoms. The van der Waals surface area contributed by atoms with Crippen molar-refractivity contribution in [3.8, 4) is 0 Å². The number of rotatable bonds is 3. The molecule has 0 radical (unpaired) electrons. The number of nitrogens with zero attached hydrogens (tertiary/aromatic N) is 3. The minimum Gasteiger partial charge on any atom is -0.468 e. The molecule has 2 heterocycles. The van der Waals surface area contributed by atoms with Crippen LogP contribution < -0.4 is 0 Å². The molecular formula is C22H27F2N3O5. The fourth-order valence-electron chi connectivity index (χ4n) is 3.70. The molecule has 1 aromatic heterocycles. The SMILES string of the molecule is COC(=O)Cn1c(C(=O)N2CCN(C(=O)OC(C)(C)C)C[C@@H]2C)cc2cc(F)c(F)cc21. The van der Waals surface area contributed by atoms with Crippen LogP contribution in [0.25, 0.3) is 10.9 Å². The highest BCUT2D eigenvalue weighted by Gasteiger charge is 2.34. The van der Waals surface area contributed by atoms with Crippen molar-refractivity contribution in [1.29, 1.82) is 0 Å². The zero-order valence-electron chi connectivity index (χ0n) is 18.8. The summed E-state index contributed by atoms with van der Waals surface area (Å²) in [5.41, 5.74) is -0.321. The second-order valence-corrected chi connectivity index (χ2v) is 8.79. The highest BCUT2D eigenvalue weighted by molar-refractivity contribution is 5.99. The minimum atomic E-state index is -1.08. The zero-order valence-corrected chi connectivity index (χ0v) is 18.8. The van der Waals surface area contributed by atoms with Crippen molar-refractivity contribution in [2.24, 2.45) is 0 Å². The summed E-state index contributed by atoms with van der Waals surface area (Å²) in [5.74, 6) is -3.18. The van der Waals surface area contributed by atoms with Crippen LogP contribution in [0.4, 0.5) is 13.6 Å². The summed E-state index contributed by atoms with van der Waals surface area (Å²) in [7, 11) is 1.20. The van der Waals surface area contributed by atoms with Crippen molar-refractivity contribution in [3.05, 3.63) is 35.5 Å². The van der Waals surface area contributed by atoms with Crippen LogP contribution in [0.5, 0.6) is 0 Å². The van der Waals surface area contributed by atoms with Gasteiger partial charge in [-0.25, -0.2) is 13.6 Å². The van der Waals surface area contributed by atoms with Crippen molar-refractivity contribution in [2.75, 3.05) is 26.7 Å². The number of halogens is 2. The normalized spacial score (nSPS) is 16.9. The molecule has 1 fully saturated rings. The molecule has 0 unspecified atom stereocenters. The van der Waals surface area contributed by atoms with Gasteiger partial charge in [-0.15, -0.1) is 0 Å². The third kappa shape index (κ3) is 4.84. The Morgan fingerprint density at radius 3 is 2.34 bits per heavy atom. The van der Waals surface area contributed by atoms with Crippen LogP contribution in [-0.4, -0.2) is 70.7 Å². The van der Waals surface area contributed by atoms with Crippen LogP contribution in [-0.2, 0) is 20.8 Å². The highest BCUT2D eigenvalue weighted by Crippen LogP contribution is 2.26. The third-order valence-electron chi connectivity index (χ3n) is 5.22. The van der Waals surface area contributed by atoms with Gasteiger partial charge in [-0.1, -0.05) is 0 Å². The van der Waals surface area contributed by atoms with Crippen LogP contribution in [0.3, 0.4) is 0 Å². The van der Waals surface area contributed by atoms with Gasteiger partial charge in [0.2, 0.25) is 0 Å². The monoisotopic (exact) mass is 451 g/mol. The van der Waals surface area contributed by atoms with Crippen molar-refractivity contribution in [2.45, 2.75) is 45.9 Å². The number of aromatic nitrogens is 1. The first-order valence-corrected chi connectivity index (χ1v) is 10.2. The van der Waals surface area contributed by atoms with E-state index in [0.29, 0.717) is 0 Å². The number of fused-ring (bicyclic) bond motifs is 1. The Bertz CT molecular complexity index is 1060. The Labute approximate surface area is 184 Å². The molecule has 32 heavy (non-hydrogen) atoms. The number of esters is 1. The maximum Gasteiger partial charge on any atom is 0.410 e. The van der Waals surface area contributed by atoms with Gasteiger partial charge in [0.1, 0.15) is 17.8 Å². The van der Waals surface area contributed by atoms with Crippen LogP contribution in [0.15, 0.2) is 18.2 Å². The second kappa shape index (κ2) is 8.76. The molecule has 3 rings (SSSR count). The number of benzene rings is 1. The van der Waals surface area contributed by atoms with Crippen molar-refractivity contribution in [1.82, 2.24) is 14.4 Å². The van der Waals surface area contributed by atoms with Gasteiger partial charge >= 0.3 is 12.1 Å². The smallest absolute Gasteiger partial charge is 0.410 e. The van der Waals surface area contributed by atoms with Gasteiger partial charge in [0.25, 0.3) is 5.91 Å². The summed E-state index contributed by atoms with van der Waals surface area (Å²) in [5, 5.41) is 0.288. The molecule has 1 aliphatic heterocycles. The van der Waals surface area contributed by atoms with Gasteiger partial charge in [-0.2, -0.15) is 0 Å². The number of carbonyl (C=O) groups excluding carboxylic acids is 3. The number of amides is 2. The van der Waals surface area contributed by atoms with Crippen molar-refractivity contribution >= 4 is 28.9 Å². The first-order chi connectivity index (χ1) is 14.9. The van der Waals surface area contributed by atoms with Crippen LogP contribution >= 0.6 is 0 Å². The lowest BCUT2D eigenvalue weighted by atomic mass is 10.1. The Morgan fingerprint density at radius 2 is 1.75 bits per heavy atom. The standard InChI is InChI=1S/C22H27F2N3O5/c1-13-11-25(21(30)32-22(2,3)4)6-7-26(13)20(29)18-9-14-8-15(23)16(24)10-17(14)27(18)12-19(28)31-5/h8-10,13H,6-7,11-12H2,1-5H3/t13-/m0/s1. The fourth-order valence-corrected chi connectivity index (χ4v) is 3.70. The van der Waals surface area contributed by atoms with Gasteiger partial charge in [-0.05, 0) is 39.8 Å². The molecule has 1 saturated heterocycles. The Hall–Kier alpha value is -3.17. The minimum absolute atomic E-state index is 0.105. The highest BCUT2D eigenvalue weighted by atomic mass is 19.2. The van der Waals surface area contributed by atoms with Gasteiger partial charge in [-0.3, -0.25) is 9.59 Å². The van der Waals surface area contributed by atoms with E-state index in [2.05, 4.69) is 0 Å². The van der Waals surface area contributed by atoms with E-state index in [-0.39, 0.29) is 48.8 Å². The Kier molecular flexibility index (Phi) is 6.43. The largest absolute Gasteiger partial charge is 0.468 e. The number of carbonyl (C=O) groups is 3. The molecule has 1 aromatic carbocycles. The van der Waals surface area contributed by atoms with Crippen molar-refractivity contribution in [3.63, 3.8) is 0 Å². The number of piperazine rings is 1. The molecule has 8 nitrogen and oxygen atoms in total. The number of methoxy groups -OCH3 is 1. The van der Waals surface area contributed by atoms with E-state index in [9.17, 15) is 23.2 Å². The van der Waals surface area contributed by atoms with Gasteiger partial charge < -0.3 is 23.8 Å². The van der Waals surface area contributed by atoms with E-state index in [0.717, 1.165) is 12.1 Å². The maximum absolute atomic E-state index is 13.9. The lowest BCUT2D eigenvalue weighted by Crippen LogP contribution is -2.56. The summed E-state index contributed by atoms with van der Waals surface area (Å²) in [6.45, 7) is 7.56. The lowest BCUT2D eigenvalue weighted by molar-refractivity contribution is -0.141. The second-order valence-electron chi connectivity index (χ2n) is 8.79. The Balaban J connectivity index is 1.88. The molecule has 174 valence electrons. The first kappa shape index (κ1) is 23.5. The van der Waals surface area contributed by atoms with E-state index in [1.54, 1.807) is 32.6 Å². The summed E-state index contributed by atoms with van der Waals surface area (Å²) < 4.78 is 39.0. The molecule has 2 amide bonds. The molecule has 10 heteroatoms. The quantitative estimate of drug-likeness (QED) is 0.670. The van der Waals surface area contributed by atoms with E-state index in [1.165, 1.54) is 22.6 Å². The van der Waals surface area contributed by atoms with Crippen LogP contribution in [0.2, 0.25) is 0 Å². The molecule has 0 aliphatic carbocycles.